The number of halogens is 1. The molecule has 0 N–H and O–H groups in total. The van der Waals surface area contributed by atoms with Crippen molar-refractivity contribution >= 4 is 21.6 Å². The van der Waals surface area contributed by atoms with Crippen molar-refractivity contribution in [2.45, 2.75) is 20.0 Å². The standard InChI is InChI=1S/C16H15BrN2O/c1-11(2)20-14-6-3-12(4-7-14)13-5-8-16-18-9-15(17)19(16)10-13/h3-11H,1-2H3. The Bertz CT molecular complexity index is 732. The zero-order valence-corrected chi connectivity index (χ0v) is 13.0. The van der Waals surface area contributed by atoms with Gasteiger partial charge in [0.15, 0.2) is 0 Å². The Balaban J connectivity index is 1.95. The van der Waals surface area contributed by atoms with Gasteiger partial charge in [0, 0.05) is 6.20 Å². The number of rotatable bonds is 3. The molecule has 3 rings (SSSR count). The minimum Gasteiger partial charge on any atom is -0.491 e. The average Bonchev–Trinajstić information content (AvgIpc) is 2.80. The first kappa shape index (κ1) is 13.2. The summed E-state index contributed by atoms with van der Waals surface area (Å²) in [5.41, 5.74) is 3.23. The predicted molar refractivity (Wildman–Crippen MR) is 84.1 cm³/mol. The van der Waals surface area contributed by atoms with Gasteiger partial charge in [0.2, 0.25) is 0 Å². The van der Waals surface area contributed by atoms with Crippen molar-refractivity contribution in [1.82, 2.24) is 9.38 Å². The summed E-state index contributed by atoms with van der Waals surface area (Å²) in [4.78, 5) is 4.30. The van der Waals surface area contributed by atoms with Crippen LogP contribution in [-0.4, -0.2) is 15.5 Å². The second-order valence-electron chi connectivity index (χ2n) is 4.92. The summed E-state index contributed by atoms with van der Waals surface area (Å²) >= 11 is 3.49. The van der Waals surface area contributed by atoms with Crippen LogP contribution in [0.15, 0.2) is 53.4 Å². The lowest BCUT2D eigenvalue weighted by molar-refractivity contribution is 0.242. The topological polar surface area (TPSA) is 26.5 Å². The maximum atomic E-state index is 5.66. The van der Waals surface area contributed by atoms with Gasteiger partial charge in [-0.3, -0.25) is 4.40 Å². The SMILES string of the molecule is CC(C)Oc1ccc(-c2ccc3ncc(Br)n3c2)cc1. The number of ether oxygens (including phenoxy) is 1. The lowest BCUT2D eigenvalue weighted by Gasteiger charge is -2.10. The number of pyridine rings is 1. The molecule has 0 bridgehead atoms. The van der Waals surface area contributed by atoms with Gasteiger partial charge < -0.3 is 4.74 Å². The third kappa shape index (κ3) is 2.56. The van der Waals surface area contributed by atoms with E-state index in [2.05, 4.69) is 45.3 Å². The molecule has 2 heterocycles. The summed E-state index contributed by atoms with van der Waals surface area (Å²) in [6, 6.07) is 12.2. The van der Waals surface area contributed by atoms with Crippen LogP contribution in [0.25, 0.3) is 16.8 Å². The van der Waals surface area contributed by atoms with Crippen LogP contribution in [0.2, 0.25) is 0 Å². The number of benzene rings is 1. The molecular weight excluding hydrogens is 316 g/mol. The largest absolute Gasteiger partial charge is 0.491 e. The van der Waals surface area contributed by atoms with E-state index < -0.39 is 0 Å². The van der Waals surface area contributed by atoms with E-state index in [-0.39, 0.29) is 6.10 Å². The Kier molecular flexibility index (Phi) is 3.49. The molecule has 2 aromatic heterocycles. The van der Waals surface area contributed by atoms with Gasteiger partial charge in [-0.2, -0.15) is 0 Å². The third-order valence-electron chi connectivity index (χ3n) is 3.02. The van der Waals surface area contributed by atoms with Gasteiger partial charge in [0.25, 0.3) is 0 Å². The maximum absolute atomic E-state index is 5.66. The first-order chi connectivity index (χ1) is 9.63. The lowest BCUT2D eigenvalue weighted by Crippen LogP contribution is -2.05. The van der Waals surface area contributed by atoms with Gasteiger partial charge in [0.05, 0.1) is 12.3 Å². The van der Waals surface area contributed by atoms with Gasteiger partial charge in [-0.15, -0.1) is 0 Å². The molecule has 0 spiro atoms. The highest BCUT2D eigenvalue weighted by atomic mass is 79.9. The maximum Gasteiger partial charge on any atom is 0.137 e. The molecule has 0 amide bonds. The zero-order chi connectivity index (χ0) is 14.1. The van der Waals surface area contributed by atoms with Crippen LogP contribution >= 0.6 is 15.9 Å². The first-order valence-electron chi connectivity index (χ1n) is 6.53. The van der Waals surface area contributed by atoms with E-state index in [4.69, 9.17) is 4.74 Å². The summed E-state index contributed by atoms with van der Waals surface area (Å²) in [7, 11) is 0. The van der Waals surface area contributed by atoms with Gasteiger partial charge in [-0.05, 0) is 65.2 Å². The van der Waals surface area contributed by atoms with Crippen LogP contribution in [0.5, 0.6) is 5.75 Å². The van der Waals surface area contributed by atoms with E-state index in [0.29, 0.717) is 0 Å². The van der Waals surface area contributed by atoms with E-state index in [1.165, 1.54) is 0 Å². The quantitative estimate of drug-likeness (QED) is 0.704. The molecule has 20 heavy (non-hydrogen) atoms. The molecule has 0 radical (unpaired) electrons. The van der Waals surface area contributed by atoms with Crippen molar-refractivity contribution in [2.24, 2.45) is 0 Å². The van der Waals surface area contributed by atoms with Gasteiger partial charge >= 0.3 is 0 Å². The van der Waals surface area contributed by atoms with Crippen molar-refractivity contribution < 1.29 is 4.74 Å². The second-order valence-corrected chi connectivity index (χ2v) is 5.73. The molecular formula is C16H15BrN2O. The summed E-state index contributed by atoms with van der Waals surface area (Å²) in [6.07, 6.45) is 4.07. The van der Waals surface area contributed by atoms with E-state index in [9.17, 15) is 0 Å². The van der Waals surface area contributed by atoms with Crippen LogP contribution < -0.4 is 4.74 Å². The number of fused-ring (bicyclic) bond motifs is 1. The fourth-order valence-electron chi connectivity index (χ4n) is 2.12. The van der Waals surface area contributed by atoms with E-state index in [1.807, 2.05) is 36.4 Å². The number of imidazole rings is 1. The second kappa shape index (κ2) is 5.29. The molecule has 3 nitrogen and oxygen atoms in total. The van der Waals surface area contributed by atoms with Gasteiger partial charge in [0.1, 0.15) is 16.0 Å². The van der Waals surface area contributed by atoms with Gasteiger partial charge in [-0.25, -0.2) is 4.98 Å². The summed E-state index contributed by atoms with van der Waals surface area (Å²) < 4.78 is 8.63. The fourth-order valence-corrected chi connectivity index (χ4v) is 2.51. The predicted octanol–water partition coefficient (Wildman–Crippen LogP) is 4.55. The van der Waals surface area contributed by atoms with E-state index >= 15 is 0 Å². The number of hydrogen-bond donors (Lipinski definition) is 0. The van der Waals surface area contributed by atoms with Crippen LogP contribution in [0.1, 0.15) is 13.8 Å². The Hall–Kier alpha value is -1.81. The highest BCUT2D eigenvalue weighted by Gasteiger charge is 2.04. The van der Waals surface area contributed by atoms with Crippen LogP contribution in [0.3, 0.4) is 0 Å². The Labute approximate surface area is 126 Å². The van der Waals surface area contributed by atoms with Crippen molar-refractivity contribution in [3.63, 3.8) is 0 Å². The molecule has 1 aromatic carbocycles. The van der Waals surface area contributed by atoms with E-state index in [0.717, 1.165) is 27.1 Å². The lowest BCUT2D eigenvalue weighted by atomic mass is 10.1. The molecule has 0 atom stereocenters. The molecule has 0 saturated carbocycles. The molecule has 3 aromatic rings. The minimum atomic E-state index is 0.194. The molecule has 102 valence electrons. The normalized spacial score (nSPS) is 11.2. The smallest absolute Gasteiger partial charge is 0.137 e. The number of hydrogen-bond acceptors (Lipinski definition) is 2. The molecule has 0 saturated heterocycles. The Morgan fingerprint density at radius 3 is 2.45 bits per heavy atom. The molecule has 0 fully saturated rings. The Morgan fingerprint density at radius 2 is 1.75 bits per heavy atom. The summed E-state index contributed by atoms with van der Waals surface area (Å²) in [6.45, 7) is 4.05. The molecule has 0 aliphatic heterocycles. The van der Waals surface area contributed by atoms with Crippen LogP contribution in [-0.2, 0) is 0 Å². The zero-order valence-electron chi connectivity index (χ0n) is 11.4. The molecule has 0 unspecified atom stereocenters. The molecule has 0 aliphatic rings. The van der Waals surface area contributed by atoms with Crippen molar-refractivity contribution in [3.05, 3.63) is 53.4 Å². The van der Waals surface area contributed by atoms with Crippen molar-refractivity contribution in [3.8, 4) is 16.9 Å². The highest BCUT2D eigenvalue weighted by Crippen LogP contribution is 2.24. The van der Waals surface area contributed by atoms with E-state index in [1.54, 1.807) is 6.20 Å². The Morgan fingerprint density at radius 1 is 1.05 bits per heavy atom. The first-order valence-corrected chi connectivity index (χ1v) is 7.32. The highest BCUT2D eigenvalue weighted by molar-refractivity contribution is 9.10. The number of nitrogens with zero attached hydrogens (tertiary/aromatic N) is 2. The monoisotopic (exact) mass is 330 g/mol. The average molecular weight is 331 g/mol. The van der Waals surface area contributed by atoms with Crippen molar-refractivity contribution in [1.29, 1.82) is 0 Å². The molecule has 0 aliphatic carbocycles. The van der Waals surface area contributed by atoms with Crippen LogP contribution in [0, 0.1) is 0 Å². The fraction of sp³-hybridized carbons (Fsp3) is 0.188. The third-order valence-corrected chi connectivity index (χ3v) is 3.61. The van der Waals surface area contributed by atoms with Gasteiger partial charge in [-0.1, -0.05) is 12.1 Å². The summed E-state index contributed by atoms with van der Waals surface area (Å²) in [5.74, 6) is 0.897. The summed E-state index contributed by atoms with van der Waals surface area (Å²) in [5, 5.41) is 0. The van der Waals surface area contributed by atoms with Crippen molar-refractivity contribution in [2.75, 3.05) is 0 Å². The van der Waals surface area contributed by atoms with Crippen LogP contribution in [0.4, 0.5) is 0 Å². The minimum absolute atomic E-state index is 0.194. The number of aromatic nitrogens is 2. The molecule has 4 heteroatoms.